The molecule has 0 aliphatic heterocycles. The van der Waals surface area contributed by atoms with Crippen molar-refractivity contribution in [3.63, 3.8) is 0 Å². The molecule has 1 aromatic rings. The summed E-state index contributed by atoms with van der Waals surface area (Å²) in [7, 11) is 0. The molecule has 0 aromatic heterocycles. The number of carbonyl (C=O) groups is 3. The van der Waals surface area contributed by atoms with E-state index in [0.717, 1.165) is 4.90 Å². The summed E-state index contributed by atoms with van der Waals surface area (Å²) in [6.45, 7) is 3.47. The number of thioether (sulfide) groups is 1. The van der Waals surface area contributed by atoms with E-state index in [1.807, 2.05) is 12.1 Å². The number of carbonyl (C=O) groups excluding carboxylic acids is 2. The van der Waals surface area contributed by atoms with Gasteiger partial charge in [0.2, 0.25) is 5.91 Å². The monoisotopic (exact) mass is 353 g/mol. The number of hydrogen-bond acceptors (Lipinski definition) is 4. The van der Waals surface area contributed by atoms with E-state index in [2.05, 4.69) is 10.6 Å². The van der Waals surface area contributed by atoms with Crippen molar-refractivity contribution in [3.8, 4) is 0 Å². The highest BCUT2D eigenvalue weighted by atomic mass is 32.2. The minimum atomic E-state index is -0.902. The van der Waals surface area contributed by atoms with Crippen LogP contribution in [0.5, 0.6) is 0 Å². The van der Waals surface area contributed by atoms with E-state index < -0.39 is 17.4 Å². The average Bonchev–Trinajstić information content (AvgIpc) is 2.48. The van der Waals surface area contributed by atoms with Crippen LogP contribution < -0.4 is 16.4 Å². The molecular weight excluding hydrogens is 330 g/mol. The number of nitrogens with two attached hydrogens (primary N) is 1. The molecule has 0 bridgehead atoms. The van der Waals surface area contributed by atoms with Gasteiger partial charge >= 0.3 is 12.0 Å². The van der Waals surface area contributed by atoms with E-state index >= 15 is 0 Å². The topological polar surface area (TPSA) is 122 Å². The van der Waals surface area contributed by atoms with Crippen molar-refractivity contribution in [3.05, 3.63) is 24.3 Å². The molecule has 0 fully saturated rings. The number of carboxylic acids is 1. The number of aliphatic carboxylic acids is 1. The van der Waals surface area contributed by atoms with E-state index in [1.165, 1.54) is 11.8 Å². The first-order chi connectivity index (χ1) is 11.2. The van der Waals surface area contributed by atoms with Gasteiger partial charge in [0.25, 0.3) is 0 Å². The van der Waals surface area contributed by atoms with Crippen LogP contribution in [0.25, 0.3) is 0 Å². The van der Waals surface area contributed by atoms with Crippen molar-refractivity contribution in [2.24, 2.45) is 11.1 Å². The van der Waals surface area contributed by atoms with Crippen LogP contribution in [-0.4, -0.2) is 35.3 Å². The van der Waals surface area contributed by atoms with Gasteiger partial charge in [-0.2, -0.15) is 0 Å². The predicted molar refractivity (Wildman–Crippen MR) is 94.0 cm³/mol. The number of urea groups is 1. The van der Waals surface area contributed by atoms with E-state index in [9.17, 15) is 14.4 Å². The van der Waals surface area contributed by atoms with Crippen LogP contribution in [0.1, 0.15) is 26.7 Å². The van der Waals surface area contributed by atoms with Crippen molar-refractivity contribution >= 4 is 35.4 Å². The normalized spacial score (nSPS) is 10.9. The van der Waals surface area contributed by atoms with Gasteiger partial charge in [-0.15, -0.1) is 11.8 Å². The van der Waals surface area contributed by atoms with Crippen LogP contribution in [0.2, 0.25) is 0 Å². The number of carboxylic acid groups (broad SMARTS) is 1. The molecule has 3 amide bonds. The Morgan fingerprint density at radius 3 is 2.54 bits per heavy atom. The first-order valence-electron chi connectivity index (χ1n) is 7.51. The largest absolute Gasteiger partial charge is 0.481 e. The summed E-state index contributed by atoms with van der Waals surface area (Å²) in [6.07, 6.45) is 0.584. The Morgan fingerprint density at radius 2 is 1.92 bits per heavy atom. The molecule has 0 spiro atoms. The zero-order valence-corrected chi connectivity index (χ0v) is 14.6. The third-order valence-corrected chi connectivity index (χ3v) is 4.43. The number of anilines is 1. The fraction of sp³-hybridized carbons (Fsp3) is 0.438. The summed E-state index contributed by atoms with van der Waals surface area (Å²) in [5.41, 5.74) is 4.85. The number of hydrogen-bond donors (Lipinski definition) is 4. The minimum absolute atomic E-state index is 0.252. The highest BCUT2D eigenvalue weighted by Crippen LogP contribution is 2.27. The van der Waals surface area contributed by atoms with Crippen LogP contribution >= 0.6 is 11.8 Å². The number of amides is 3. The molecule has 1 aromatic carbocycles. The summed E-state index contributed by atoms with van der Waals surface area (Å²) < 4.78 is 0. The van der Waals surface area contributed by atoms with Gasteiger partial charge in [0, 0.05) is 23.6 Å². The van der Waals surface area contributed by atoms with Crippen molar-refractivity contribution in [1.29, 1.82) is 0 Å². The Balaban J connectivity index is 2.52. The maximum atomic E-state index is 11.9. The summed E-state index contributed by atoms with van der Waals surface area (Å²) in [6, 6.07) is 6.83. The number of primary amides is 1. The molecule has 24 heavy (non-hydrogen) atoms. The van der Waals surface area contributed by atoms with Crippen molar-refractivity contribution < 1.29 is 19.5 Å². The second kappa shape index (κ2) is 9.17. The molecule has 5 N–H and O–H groups in total. The van der Waals surface area contributed by atoms with E-state index in [4.69, 9.17) is 10.8 Å². The fourth-order valence-electron chi connectivity index (χ4n) is 1.72. The van der Waals surface area contributed by atoms with E-state index in [1.54, 1.807) is 26.0 Å². The summed E-state index contributed by atoms with van der Waals surface area (Å²) in [4.78, 5) is 34.6. The number of benzene rings is 1. The van der Waals surface area contributed by atoms with Gasteiger partial charge in [-0.1, -0.05) is 12.1 Å². The van der Waals surface area contributed by atoms with Crippen molar-refractivity contribution in [1.82, 2.24) is 5.32 Å². The minimum Gasteiger partial charge on any atom is -0.481 e. The second-order valence-electron chi connectivity index (χ2n) is 5.88. The molecule has 8 heteroatoms. The molecule has 0 saturated carbocycles. The Kier molecular flexibility index (Phi) is 7.57. The standard InChI is InChI=1S/C16H23N3O4S/c1-16(2,14(21)22)8-9-18-15(23)19-11-5-3-4-6-12(11)24-10-7-13(17)20/h3-6H,7-10H2,1-2H3,(H2,17,20)(H,21,22)(H2,18,19,23). The predicted octanol–water partition coefficient (Wildman–Crippen LogP) is 2.28. The molecule has 132 valence electrons. The zero-order chi connectivity index (χ0) is 18.2. The maximum Gasteiger partial charge on any atom is 0.319 e. The number of nitrogens with one attached hydrogen (secondary N) is 2. The highest BCUT2D eigenvalue weighted by molar-refractivity contribution is 7.99. The lowest BCUT2D eigenvalue weighted by Crippen LogP contribution is -2.34. The van der Waals surface area contributed by atoms with Gasteiger partial charge in [0.05, 0.1) is 11.1 Å². The molecule has 0 unspecified atom stereocenters. The number of para-hydroxylation sites is 1. The Labute approximate surface area is 145 Å². The van der Waals surface area contributed by atoms with Crippen LogP contribution in [0.4, 0.5) is 10.5 Å². The second-order valence-corrected chi connectivity index (χ2v) is 7.02. The zero-order valence-electron chi connectivity index (χ0n) is 13.8. The third-order valence-electron chi connectivity index (χ3n) is 3.36. The molecule has 1 rings (SSSR count). The average molecular weight is 353 g/mol. The number of rotatable bonds is 9. The van der Waals surface area contributed by atoms with Gasteiger partial charge < -0.3 is 21.5 Å². The van der Waals surface area contributed by atoms with Gasteiger partial charge in [-0.3, -0.25) is 9.59 Å². The maximum absolute atomic E-state index is 11.9. The molecular formula is C16H23N3O4S. The lowest BCUT2D eigenvalue weighted by Gasteiger charge is -2.19. The van der Waals surface area contributed by atoms with Gasteiger partial charge in [-0.05, 0) is 32.4 Å². The van der Waals surface area contributed by atoms with E-state index in [-0.39, 0.29) is 18.9 Å². The lowest BCUT2D eigenvalue weighted by molar-refractivity contribution is -0.147. The molecule has 7 nitrogen and oxygen atoms in total. The Morgan fingerprint density at radius 1 is 1.25 bits per heavy atom. The van der Waals surface area contributed by atoms with Gasteiger partial charge in [0.1, 0.15) is 0 Å². The fourth-order valence-corrected chi connectivity index (χ4v) is 2.69. The molecule has 0 atom stereocenters. The van der Waals surface area contributed by atoms with Crippen LogP contribution in [-0.2, 0) is 9.59 Å². The molecule has 0 aliphatic rings. The summed E-state index contributed by atoms with van der Waals surface area (Å²) in [5, 5.41) is 14.4. The van der Waals surface area contributed by atoms with Gasteiger partial charge in [0.15, 0.2) is 0 Å². The molecule has 0 radical (unpaired) electrons. The highest BCUT2D eigenvalue weighted by Gasteiger charge is 2.26. The van der Waals surface area contributed by atoms with Crippen molar-refractivity contribution in [2.75, 3.05) is 17.6 Å². The quantitative estimate of drug-likeness (QED) is 0.507. The first-order valence-corrected chi connectivity index (χ1v) is 8.49. The van der Waals surface area contributed by atoms with E-state index in [0.29, 0.717) is 17.9 Å². The molecule has 0 aliphatic carbocycles. The van der Waals surface area contributed by atoms with Crippen LogP contribution in [0.3, 0.4) is 0 Å². The third kappa shape index (κ3) is 6.91. The smallest absolute Gasteiger partial charge is 0.319 e. The van der Waals surface area contributed by atoms with Crippen molar-refractivity contribution in [2.45, 2.75) is 31.6 Å². The Hall–Kier alpha value is -2.22. The Bertz CT molecular complexity index is 605. The first kappa shape index (κ1) is 19.8. The lowest BCUT2D eigenvalue weighted by atomic mass is 9.90. The molecule has 0 heterocycles. The van der Waals surface area contributed by atoms with Gasteiger partial charge in [-0.25, -0.2) is 4.79 Å². The SMILES string of the molecule is CC(C)(CCNC(=O)Nc1ccccc1SCCC(N)=O)C(=O)O. The summed E-state index contributed by atoms with van der Waals surface area (Å²) in [5.74, 6) is -0.741. The van der Waals surface area contributed by atoms with Crippen LogP contribution in [0.15, 0.2) is 29.2 Å². The van der Waals surface area contributed by atoms with Crippen LogP contribution in [0, 0.1) is 5.41 Å². The summed E-state index contributed by atoms with van der Waals surface area (Å²) >= 11 is 1.43. The molecule has 0 saturated heterocycles.